The first-order chi connectivity index (χ1) is 12.4. The van der Waals surface area contributed by atoms with Crippen LogP contribution in [0.25, 0.3) is 0 Å². The van der Waals surface area contributed by atoms with Gasteiger partial charge in [0, 0.05) is 29.6 Å². The molecule has 1 aromatic heterocycles. The minimum Gasteiger partial charge on any atom is -0.336 e. The van der Waals surface area contributed by atoms with Gasteiger partial charge in [-0.3, -0.25) is 5.32 Å². The molecule has 138 valence electrons. The molecule has 1 aliphatic heterocycles. The maximum Gasteiger partial charge on any atom is 0.322 e. The zero-order chi connectivity index (χ0) is 18.7. The zero-order valence-electron chi connectivity index (χ0n) is 15.1. The molecule has 0 aliphatic carbocycles. The second-order valence-electron chi connectivity index (χ2n) is 6.61. The van der Waals surface area contributed by atoms with E-state index in [1.54, 1.807) is 4.90 Å². The summed E-state index contributed by atoms with van der Waals surface area (Å²) in [4.78, 5) is 31.5. The molecule has 0 fully saturated rings. The van der Waals surface area contributed by atoms with Crippen LogP contribution in [0.4, 0.5) is 20.4 Å². The van der Waals surface area contributed by atoms with Crippen LogP contribution in [-0.2, 0) is 13.0 Å². The lowest BCUT2D eigenvalue weighted by Crippen LogP contribution is -2.38. The van der Waals surface area contributed by atoms with Gasteiger partial charge in [0.05, 0.1) is 12.2 Å². The van der Waals surface area contributed by atoms with E-state index >= 15 is 0 Å². The second-order valence-corrected chi connectivity index (χ2v) is 7.69. The topological polar surface area (TPSA) is 86.4 Å². The Bertz CT molecular complexity index is 800. The van der Waals surface area contributed by atoms with Gasteiger partial charge in [0.25, 0.3) is 0 Å². The molecule has 0 spiro atoms. The van der Waals surface area contributed by atoms with E-state index in [0.717, 1.165) is 21.8 Å². The van der Waals surface area contributed by atoms with Crippen LogP contribution in [0.5, 0.6) is 0 Å². The van der Waals surface area contributed by atoms with Gasteiger partial charge in [0.2, 0.25) is 0 Å². The van der Waals surface area contributed by atoms with Gasteiger partial charge in [-0.05, 0) is 32.9 Å². The maximum atomic E-state index is 12.5. The predicted octanol–water partition coefficient (Wildman–Crippen LogP) is 3.57. The largest absolute Gasteiger partial charge is 0.336 e. The minimum absolute atomic E-state index is 0.0607. The van der Waals surface area contributed by atoms with Gasteiger partial charge in [0.15, 0.2) is 5.13 Å². The number of aromatic nitrogens is 1. The second kappa shape index (κ2) is 7.74. The standard InChI is InChI=1S/C18H23N5O2S/c1-11(2)19-16(24)22-17-21-14-8-9-23(10-15(14)26-17)18(25)20-13-6-4-12(3)5-7-13/h4-7,11H,8-10H2,1-3H3,(H,20,25)(H2,19,21,22,24). The van der Waals surface area contributed by atoms with Crippen molar-refractivity contribution in [2.75, 3.05) is 17.2 Å². The van der Waals surface area contributed by atoms with Crippen LogP contribution in [-0.4, -0.2) is 34.5 Å². The molecule has 1 aromatic carbocycles. The normalized spacial score (nSPS) is 13.3. The van der Waals surface area contributed by atoms with E-state index in [1.165, 1.54) is 11.3 Å². The van der Waals surface area contributed by atoms with E-state index in [0.29, 0.717) is 24.6 Å². The molecule has 26 heavy (non-hydrogen) atoms. The molecule has 1 aliphatic rings. The number of benzene rings is 1. The summed E-state index contributed by atoms with van der Waals surface area (Å²) >= 11 is 1.42. The van der Waals surface area contributed by atoms with E-state index in [1.807, 2.05) is 45.0 Å². The quantitative estimate of drug-likeness (QED) is 0.769. The smallest absolute Gasteiger partial charge is 0.322 e. The summed E-state index contributed by atoms with van der Waals surface area (Å²) in [7, 11) is 0. The highest BCUT2D eigenvalue weighted by Gasteiger charge is 2.24. The molecule has 2 heterocycles. The Hall–Kier alpha value is -2.61. The van der Waals surface area contributed by atoms with Gasteiger partial charge < -0.3 is 15.5 Å². The Morgan fingerprint density at radius 2 is 1.92 bits per heavy atom. The molecule has 0 saturated carbocycles. The highest BCUT2D eigenvalue weighted by atomic mass is 32.1. The van der Waals surface area contributed by atoms with Crippen molar-refractivity contribution in [3.8, 4) is 0 Å². The Balaban J connectivity index is 1.61. The number of nitrogens with zero attached hydrogens (tertiary/aromatic N) is 2. The number of amides is 4. The summed E-state index contributed by atoms with van der Waals surface area (Å²) in [6.07, 6.45) is 0.681. The van der Waals surface area contributed by atoms with Gasteiger partial charge >= 0.3 is 12.1 Å². The fourth-order valence-corrected chi connectivity index (χ4v) is 3.68. The van der Waals surface area contributed by atoms with Gasteiger partial charge in [0.1, 0.15) is 0 Å². The van der Waals surface area contributed by atoms with Crippen molar-refractivity contribution in [2.45, 2.75) is 39.8 Å². The lowest BCUT2D eigenvalue weighted by atomic mass is 10.2. The Morgan fingerprint density at radius 3 is 2.62 bits per heavy atom. The van der Waals surface area contributed by atoms with Crippen molar-refractivity contribution < 1.29 is 9.59 Å². The van der Waals surface area contributed by atoms with Gasteiger partial charge in [-0.25, -0.2) is 14.6 Å². The molecule has 0 saturated heterocycles. The number of anilines is 2. The van der Waals surface area contributed by atoms with Crippen LogP contribution in [0, 0.1) is 6.92 Å². The van der Waals surface area contributed by atoms with Crippen molar-refractivity contribution in [2.24, 2.45) is 0 Å². The van der Waals surface area contributed by atoms with Crippen molar-refractivity contribution in [1.82, 2.24) is 15.2 Å². The van der Waals surface area contributed by atoms with Crippen LogP contribution >= 0.6 is 11.3 Å². The van der Waals surface area contributed by atoms with Crippen LogP contribution in [0.1, 0.15) is 30.0 Å². The highest BCUT2D eigenvalue weighted by molar-refractivity contribution is 7.15. The van der Waals surface area contributed by atoms with E-state index in [4.69, 9.17) is 0 Å². The molecule has 4 amide bonds. The van der Waals surface area contributed by atoms with Crippen molar-refractivity contribution in [3.63, 3.8) is 0 Å². The Morgan fingerprint density at radius 1 is 1.19 bits per heavy atom. The summed E-state index contributed by atoms with van der Waals surface area (Å²) in [5, 5.41) is 9.02. The summed E-state index contributed by atoms with van der Waals surface area (Å²) < 4.78 is 0. The average molecular weight is 373 g/mol. The first-order valence-electron chi connectivity index (χ1n) is 8.59. The molecule has 0 bridgehead atoms. The number of hydrogen-bond acceptors (Lipinski definition) is 4. The Labute approximate surface area is 156 Å². The number of nitrogens with one attached hydrogen (secondary N) is 3. The van der Waals surface area contributed by atoms with Crippen molar-refractivity contribution >= 4 is 34.2 Å². The van der Waals surface area contributed by atoms with Crippen molar-refractivity contribution in [1.29, 1.82) is 0 Å². The molecule has 0 atom stereocenters. The van der Waals surface area contributed by atoms with E-state index < -0.39 is 0 Å². The molecular formula is C18H23N5O2S. The third-order valence-electron chi connectivity index (χ3n) is 3.96. The number of aryl methyl sites for hydroxylation is 1. The third-order valence-corrected chi connectivity index (χ3v) is 4.96. The number of hydrogen-bond donors (Lipinski definition) is 3. The minimum atomic E-state index is -0.264. The monoisotopic (exact) mass is 373 g/mol. The molecule has 8 heteroatoms. The first kappa shape index (κ1) is 18.2. The molecule has 3 N–H and O–H groups in total. The molecule has 3 rings (SSSR count). The number of fused-ring (bicyclic) bond motifs is 1. The third kappa shape index (κ3) is 4.51. The number of carbonyl (C=O) groups excluding carboxylic acids is 2. The van der Waals surface area contributed by atoms with Crippen LogP contribution in [0.3, 0.4) is 0 Å². The van der Waals surface area contributed by atoms with E-state index in [9.17, 15) is 9.59 Å². The molecular weight excluding hydrogens is 350 g/mol. The maximum absolute atomic E-state index is 12.5. The summed E-state index contributed by atoms with van der Waals surface area (Å²) in [6.45, 7) is 6.91. The number of thiazole rings is 1. The molecule has 2 aromatic rings. The molecule has 7 nitrogen and oxygen atoms in total. The highest BCUT2D eigenvalue weighted by Crippen LogP contribution is 2.28. The van der Waals surface area contributed by atoms with Gasteiger partial charge in [-0.2, -0.15) is 0 Å². The SMILES string of the molecule is Cc1ccc(NC(=O)N2CCc3nc(NC(=O)NC(C)C)sc3C2)cc1. The fourth-order valence-electron chi connectivity index (χ4n) is 2.66. The summed E-state index contributed by atoms with van der Waals surface area (Å²) in [5.41, 5.74) is 2.88. The lowest BCUT2D eigenvalue weighted by molar-refractivity contribution is 0.207. The number of urea groups is 2. The van der Waals surface area contributed by atoms with E-state index in [-0.39, 0.29) is 18.1 Å². The van der Waals surface area contributed by atoms with Crippen LogP contribution < -0.4 is 16.0 Å². The fraction of sp³-hybridized carbons (Fsp3) is 0.389. The van der Waals surface area contributed by atoms with Crippen LogP contribution in [0.15, 0.2) is 24.3 Å². The molecule has 0 radical (unpaired) electrons. The zero-order valence-corrected chi connectivity index (χ0v) is 15.9. The van der Waals surface area contributed by atoms with Gasteiger partial charge in [-0.1, -0.05) is 29.0 Å². The molecule has 0 unspecified atom stereocenters. The lowest BCUT2D eigenvalue weighted by Gasteiger charge is -2.26. The average Bonchev–Trinajstić information content (AvgIpc) is 2.97. The number of carbonyl (C=O) groups is 2. The van der Waals surface area contributed by atoms with Gasteiger partial charge in [-0.15, -0.1) is 0 Å². The summed E-state index contributed by atoms with van der Waals surface area (Å²) in [6, 6.07) is 7.39. The van der Waals surface area contributed by atoms with E-state index in [2.05, 4.69) is 20.9 Å². The van der Waals surface area contributed by atoms with Crippen LogP contribution in [0.2, 0.25) is 0 Å². The predicted molar refractivity (Wildman–Crippen MR) is 104 cm³/mol. The van der Waals surface area contributed by atoms with Crippen molar-refractivity contribution in [3.05, 3.63) is 40.4 Å². The first-order valence-corrected chi connectivity index (χ1v) is 9.41. The summed E-state index contributed by atoms with van der Waals surface area (Å²) in [5.74, 6) is 0. The number of rotatable bonds is 3. The Kier molecular flexibility index (Phi) is 5.41.